The molecule has 0 radical (unpaired) electrons. The van der Waals surface area contributed by atoms with Crippen LogP contribution in [0.5, 0.6) is 5.75 Å². The molecule has 3 aromatic carbocycles. The average Bonchev–Trinajstić information content (AvgIpc) is 2.59. The van der Waals surface area contributed by atoms with Gasteiger partial charge in [0.25, 0.3) is 0 Å². The van der Waals surface area contributed by atoms with Crippen molar-refractivity contribution in [1.82, 2.24) is 0 Å². The lowest BCUT2D eigenvalue weighted by Gasteiger charge is -2.01. The summed E-state index contributed by atoms with van der Waals surface area (Å²) < 4.78 is 5.09. The highest BCUT2D eigenvalue weighted by Gasteiger charge is 2.02. The lowest BCUT2D eigenvalue weighted by Crippen LogP contribution is -1.94. The topological polar surface area (TPSA) is 26.3 Å². The maximum atomic E-state index is 12.2. The van der Waals surface area contributed by atoms with Crippen molar-refractivity contribution in [2.75, 3.05) is 7.11 Å². The molecule has 0 aliphatic rings. The molecule has 0 aliphatic carbocycles. The Morgan fingerprint density at radius 3 is 2.36 bits per heavy atom. The molecule has 0 aromatic heterocycles. The number of ether oxygens (including phenoxy) is 1. The number of carbonyl (C=O) groups excluding carboxylic acids is 1. The summed E-state index contributed by atoms with van der Waals surface area (Å²) in [5.74, 6) is 0.728. The molecule has 0 saturated heterocycles. The van der Waals surface area contributed by atoms with Crippen molar-refractivity contribution in [2.24, 2.45) is 0 Å². The molecule has 3 rings (SSSR count). The van der Waals surface area contributed by atoms with Crippen LogP contribution in [0.3, 0.4) is 0 Å². The fourth-order valence-corrected chi connectivity index (χ4v) is 2.33. The fraction of sp³-hybridized carbons (Fsp3) is 0.0500. The zero-order chi connectivity index (χ0) is 15.4. The molecule has 0 N–H and O–H groups in total. The smallest absolute Gasteiger partial charge is 0.185 e. The first kappa shape index (κ1) is 14.1. The Labute approximate surface area is 129 Å². The number of ketones is 1. The van der Waals surface area contributed by atoms with E-state index in [9.17, 15) is 4.79 Å². The minimum Gasteiger partial charge on any atom is -0.497 e. The maximum absolute atomic E-state index is 12.2. The van der Waals surface area contributed by atoms with Crippen molar-refractivity contribution in [3.63, 3.8) is 0 Å². The molecule has 0 unspecified atom stereocenters. The van der Waals surface area contributed by atoms with Gasteiger partial charge in [0.15, 0.2) is 5.78 Å². The number of hydrogen-bond donors (Lipinski definition) is 0. The Bertz CT molecular complexity index is 830. The van der Waals surface area contributed by atoms with E-state index < -0.39 is 0 Å². The van der Waals surface area contributed by atoms with Gasteiger partial charge in [0.1, 0.15) is 5.75 Å². The summed E-state index contributed by atoms with van der Waals surface area (Å²) in [4.78, 5) is 12.2. The van der Waals surface area contributed by atoms with Crippen LogP contribution < -0.4 is 4.74 Å². The Hall–Kier alpha value is -2.87. The summed E-state index contributed by atoms with van der Waals surface area (Å²) in [6.45, 7) is 0. The summed E-state index contributed by atoms with van der Waals surface area (Å²) in [5, 5.41) is 2.36. The number of hydrogen-bond acceptors (Lipinski definition) is 2. The summed E-state index contributed by atoms with van der Waals surface area (Å²) >= 11 is 0. The molecule has 0 spiro atoms. The second-order valence-electron chi connectivity index (χ2n) is 5.03. The highest BCUT2D eigenvalue weighted by molar-refractivity contribution is 6.07. The third-order valence-electron chi connectivity index (χ3n) is 3.58. The molecular formula is C20H16O2. The summed E-state index contributed by atoms with van der Waals surface area (Å²) in [6, 6.07) is 21.4. The molecule has 2 heteroatoms. The number of methoxy groups -OCH3 is 1. The van der Waals surface area contributed by atoms with Gasteiger partial charge in [-0.15, -0.1) is 0 Å². The van der Waals surface area contributed by atoms with Crippen LogP contribution in [0.15, 0.2) is 72.8 Å². The van der Waals surface area contributed by atoms with E-state index in [0.717, 1.165) is 11.3 Å². The highest BCUT2D eigenvalue weighted by atomic mass is 16.5. The average molecular weight is 288 g/mol. The van der Waals surface area contributed by atoms with Gasteiger partial charge in [-0.25, -0.2) is 0 Å². The monoisotopic (exact) mass is 288 g/mol. The van der Waals surface area contributed by atoms with E-state index in [0.29, 0.717) is 5.56 Å². The van der Waals surface area contributed by atoms with Gasteiger partial charge in [0, 0.05) is 5.56 Å². The van der Waals surface area contributed by atoms with E-state index in [1.54, 1.807) is 37.5 Å². The standard InChI is InChI=1S/C20H16O2/c1-22-19-11-9-17(10-12-19)20(21)13-7-15-6-8-16-4-2-3-5-18(16)14-15/h2-14H,1H3/b13-7-. The Balaban J connectivity index is 1.80. The second-order valence-corrected chi connectivity index (χ2v) is 5.03. The zero-order valence-corrected chi connectivity index (χ0v) is 12.3. The number of fused-ring (bicyclic) bond motifs is 1. The maximum Gasteiger partial charge on any atom is 0.185 e. The van der Waals surface area contributed by atoms with Crippen LogP contribution in [-0.2, 0) is 0 Å². The van der Waals surface area contributed by atoms with Gasteiger partial charge in [0.2, 0.25) is 0 Å². The molecule has 22 heavy (non-hydrogen) atoms. The molecule has 0 bridgehead atoms. The number of benzene rings is 3. The van der Waals surface area contributed by atoms with Crippen LogP contribution in [0.25, 0.3) is 16.8 Å². The fourth-order valence-electron chi connectivity index (χ4n) is 2.33. The lowest BCUT2D eigenvalue weighted by atomic mass is 10.1. The van der Waals surface area contributed by atoms with Crippen molar-refractivity contribution in [1.29, 1.82) is 0 Å². The van der Waals surface area contributed by atoms with Gasteiger partial charge in [-0.3, -0.25) is 4.79 Å². The van der Waals surface area contributed by atoms with Gasteiger partial charge in [-0.2, -0.15) is 0 Å². The molecule has 0 amide bonds. The van der Waals surface area contributed by atoms with E-state index in [-0.39, 0.29) is 5.78 Å². The molecular weight excluding hydrogens is 272 g/mol. The van der Waals surface area contributed by atoms with E-state index in [1.807, 2.05) is 24.3 Å². The highest BCUT2D eigenvalue weighted by Crippen LogP contribution is 2.17. The quantitative estimate of drug-likeness (QED) is 0.512. The minimum absolute atomic E-state index is 0.0178. The van der Waals surface area contributed by atoms with Crippen molar-refractivity contribution >= 4 is 22.6 Å². The van der Waals surface area contributed by atoms with E-state index >= 15 is 0 Å². The van der Waals surface area contributed by atoms with Crippen LogP contribution in [0.2, 0.25) is 0 Å². The molecule has 0 atom stereocenters. The molecule has 0 aliphatic heterocycles. The minimum atomic E-state index is -0.0178. The predicted octanol–water partition coefficient (Wildman–Crippen LogP) is 4.74. The van der Waals surface area contributed by atoms with Gasteiger partial charge in [0.05, 0.1) is 7.11 Å². The molecule has 2 nitrogen and oxygen atoms in total. The van der Waals surface area contributed by atoms with Gasteiger partial charge in [-0.1, -0.05) is 42.5 Å². The molecule has 0 saturated carbocycles. The zero-order valence-electron chi connectivity index (χ0n) is 12.3. The van der Waals surface area contributed by atoms with Crippen LogP contribution in [-0.4, -0.2) is 12.9 Å². The summed E-state index contributed by atoms with van der Waals surface area (Å²) in [6.07, 6.45) is 3.45. The van der Waals surface area contributed by atoms with Crippen LogP contribution >= 0.6 is 0 Å². The van der Waals surface area contributed by atoms with Crippen molar-refractivity contribution in [3.8, 4) is 5.75 Å². The molecule has 0 heterocycles. The third-order valence-corrected chi connectivity index (χ3v) is 3.58. The number of allylic oxidation sites excluding steroid dienone is 1. The number of rotatable bonds is 4. The van der Waals surface area contributed by atoms with Crippen molar-refractivity contribution < 1.29 is 9.53 Å². The van der Waals surface area contributed by atoms with Crippen LogP contribution in [0, 0.1) is 0 Å². The van der Waals surface area contributed by atoms with Crippen molar-refractivity contribution in [3.05, 3.63) is 83.9 Å². The SMILES string of the molecule is COc1ccc(C(=O)/C=C\c2ccc3ccccc3c2)cc1. The summed E-state index contributed by atoms with van der Waals surface area (Å²) in [7, 11) is 1.61. The van der Waals surface area contributed by atoms with Crippen LogP contribution in [0.1, 0.15) is 15.9 Å². The first-order valence-corrected chi connectivity index (χ1v) is 7.11. The van der Waals surface area contributed by atoms with Crippen molar-refractivity contribution in [2.45, 2.75) is 0 Å². The Kier molecular flexibility index (Phi) is 4.01. The number of carbonyl (C=O) groups is 1. The first-order chi connectivity index (χ1) is 10.8. The largest absolute Gasteiger partial charge is 0.497 e. The van der Waals surface area contributed by atoms with Gasteiger partial charge >= 0.3 is 0 Å². The van der Waals surface area contributed by atoms with Crippen LogP contribution in [0.4, 0.5) is 0 Å². The van der Waals surface area contributed by atoms with Gasteiger partial charge in [-0.05, 0) is 52.7 Å². The first-order valence-electron chi connectivity index (χ1n) is 7.11. The molecule has 108 valence electrons. The molecule has 0 fully saturated rings. The van der Waals surface area contributed by atoms with E-state index in [1.165, 1.54) is 10.8 Å². The summed E-state index contributed by atoms with van der Waals surface area (Å²) in [5.41, 5.74) is 1.67. The van der Waals surface area contributed by atoms with E-state index in [4.69, 9.17) is 4.74 Å². The third kappa shape index (κ3) is 3.07. The Morgan fingerprint density at radius 2 is 1.64 bits per heavy atom. The second kappa shape index (κ2) is 6.27. The van der Waals surface area contributed by atoms with Gasteiger partial charge < -0.3 is 4.74 Å². The van der Waals surface area contributed by atoms with E-state index in [2.05, 4.69) is 24.3 Å². The normalized spacial score (nSPS) is 11.0. The Morgan fingerprint density at radius 1 is 0.909 bits per heavy atom. The lowest BCUT2D eigenvalue weighted by molar-refractivity contribution is 0.104. The predicted molar refractivity (Wildman–Crippen MR) is 90.3 cm³/mol. The molecule has 3 aromatic rings.